The van der Waals surface area contributed by atoms with E-state index in [1.807, 2.05) is 0 Å². The molecule has 0 bridgehead atoms. The predicted octanol–water partition coefficient (Wildman–Crippen LogP) is 8.00. The van der Waals surface area contributed by atoms with Gasteiger partial charge in [0.05, 0.1) is 0 Å². The second-order valence-corrected chi connectivity index (χ2v) is 8.96. The molecular weight excluding hydrogens is 302 g/mol. The zero-order chi connectivity index (χ0) is 19.1. The van der Waals surface area contributed by atoms with E-state index < -0.39 is 0 Å². The van der Waals surface area contributed by atoms with Crippen LogP contribution in [0.3, 0.4) is 0 Å². The number of allylic oxidation sites excluding steroid dienone is 1. The van der Waals surface area contributed by atoms with Crippen LogP contribution in [0.25, 0.3) is 0 Å². The van der Waals surface area contributed by atoms with Crippen LogP contribution in [0.5, 0.6) is 0 Å². The number of unbranched alkanes of at least 4 members (excludes halogenated alkanes) is 5. The fourth-order valence-corrected chi connectivity index (χ4v) is 3.68. The zero-order valence-corrected chi connectivity index (χ0v) is 18.8. The summed E-state index contributed by atoms with van der Waals surface area (Å²) in [6.45, 7) is 15.3. The first-order chi connectivity index (χ1) is 11.9. The van der Waals surface area contributed by atoms with Crippen molar-refractivity contribution in [3.05, 3.63) is 11.6 Å². The molecule has 0 aromatic heterocycles. The molecule has 1 unspecified atom stereocenters. The van der Waals surface area contributed by atoms with Crippen LogP contribution in [0.4, 0.5) is 0 Å². The molecule has 0 radical (unpaired) electrons. The summed E-state index contributed by atoms with van der Waals surface area (Å²) >= 11 is 0. The van der Waals surface area contributed by atoms with Crippen LogP contribution in [-0.2, 0) is 0 Å². The van der Waals surface area contributed by atoms with Crippen LogP contribution in [-0.4, -0.2) is 24.5 Å². The summed E-state index contributed by atoms with van der Waals surface area (Å²) < 4.78 is 0. The monoisotopic (exact) mass is 351 g/mol. The molecule has 0 rings (SSSR count). The molecule has 1 atom stereocenters. The van der Waals surface area contributed by atoms with Gasteiger partial charge in [-0.3, -0.25) is 4.90 Å². The van der Waals surface area contributed by atoms with Crippen LogP contribution in [0, 0.1) is 5.41 Å². The van der Waals surface area contributed by atoms with E-state index in [4.69, 9.17) is 0 Å². The van der Waals surface area contributed by atoms with E-state index in [9.17, 15) is 0 Å². The summed E-state index contributed by atoms with van der Waals surface area (Å²) in [5, 5.41) is 0. The van der Waals surface area contributed by atoms with Gasteiger partial charge in [0.2, 0.25) is 0 Å². The van der Waals surface area contributed by atoms with Crippen molar-refractivity contribution < 1.29 is 0 Å². The maximum absolute atomic E-state index is 2.54. The highest BCUT2D eigenvalue weighted by atomic mass is 15.1. The molecule has 0 N–H and O–H groups in total. The van der Waals surface area contributed by atoms with Crippen molar-refractivity contribution in [3.8, 4) is 0 Å². The topological polar surface area (TPSA) is 3.24 Å². The third kappa shape index (κ3) is 13.5. The molecule has 0 spiro atoms. The Labute approximate surface area is 160 Å². The molecule has 0 fully saturated rings. The lowest BCUT2D eigenvalue weighted by molar-refractivity contribution is 0.251. The van der Waals surface area contributed by atoms with Crippen LogP contribution < -0.4 is 0 Å². The highest BCUT2D eigenvalue weighted by molar-refractivity contribution is 5.03. The SMILES string of the molecule is CC/C=C(\CC)CN(C)C(C)CCCCCC(C)(C)CCCCCC. The fraction of sp³-hybridized carbons (Fsp3) is 0.917. The Kier molecular flexibility index (Phi) is 14.6. The highest BCUT2D eigenvalue weighted by Gasteiger charge is 2.17. The molecule has 0 amide bonds. The van der Waals surface area contributed by atoms with Gasteiger partial charge < -0.3 is 0 Å². The molecule has 0 aliphatic carbocycles. The van der Waals surface area contributed by atoms with Crippen LogP contribution in [0.1, 0.15) is 119 Å². The molecule has 25 heavy (non-hydrogen) atoms. The van der Waals surface area contributed by atoms with Crippen molar-refractivity contribution in [2.75, 3.05) is 13.6 Å². The minimum absolute atomic E-state index is 0.553. The molecule has 0 aromatic rings. The second kappa shape index (κ2) is 14.8. The summed E-state index contributed by atoms with van der Waals surface area (Å²) in [7, 11) is 2.29. The minimum Gasteiger partial charge on any atom is -0.300 e. The Balaban J connectivity index is 3.86. The minimum atomic E-state index is 0.553. The standard InChI is InChI=1S/C24H49N/c1-8-11-12-15-19-24(5,6)20-16-13-14-18-22(4)25(7)21-23(10-3)17-9-2/h17,22H,8-16,18-21H2,1-7H3/b23-17+. The van der Waals surface area contributed by atoms with Gasteiger partial charge in [0.25, 0.3) is 0 Å². The quantitative estimate of drug-likeness (QED) is 0.201. The Hall–Kier alpha value is -0.300. The number of rotatable bonds is 16. The molecule has 0 saturated carbocycles. The average Bonchev–Trinajstić information content (AvgIpc) is 2.57. The van der Waals surface area contributed by atoms with Crippen LogP contribution in [0.2, 0.25) is 0 Å². The van der Waals surface area contributed by atoms with E-state index in [-0.39, 0.29) is 0 Å². The third-order valence-corrected chi connectivity index (χ3v) is 5.83. The maximum atomic E-state index is 2.54. The van der Waals surface area contributed by atoms with Gasteiger partial charge in [0.15, 0.2) is 0 Å². The van der Waals surface area contributed by atoms with Gasteiger partial charge in [-0.1, -0.05) is 91.2 Å². The third-order valence-electron chi connectivity index (χ3n) is 5.83. The lowest BCUT2D eigenvalue weighted by Crippen LogP contribution is -2.30. The normalized spacial score (nSPS) is 14.3. The van der Waals surface area contributed by atoms with E-state index in [1.54, 1.807) is 5.57 Å². The summed E-state index contributed by atoms with van der Waals surface area (Å²) in [4.78, 5) is 2.54. The Morgan fingerprint density at radius 2 is 1.52 bits per heavy atom. The van der Waals surface area contributed by atoms with E-state index in [1.165, 1.54) is 77.0 Å². The summed E-state index contributed by atoms with van der Waals surface area (Å²) in [6, 6.07) is 0.703. The molecule has 150 valence electrons. The number of nitrogens with zero attached hydrogens (tertiary/aromatic N) is 1. The van der Waals surface area contributed by atoms with Gasteiger partial charge in [-0.05, 0) is 51.5 Å². The highest BCUT2D eigenvalue weighted by Crippen LogP contribution is 2.30. The number of hydrogen-bond donors (Lipinski definition) is 0. The van der Waals surface area contributed by atoms with Crippen molar-refractivity contribution >= 4 is 0 Å². The summed E-state index contributed by atoms with van der Waals surface area (Å²) in [5.41, 5.74) is 2.15. The van der Waals surface area contributed by atoms with Gasteiger partial charge in [0, 0.05) is 12.6 Å². The molecule has 0 aliphatic heterocycles. The number of hydrogen-bond acceptors (Lipinski definition) is 1. The summed E-state index contributed by atoms with van der Waals surface area (Å²) in [5.74, 6) is 0. The predicted molar refractivity (Wildman–Crippen MR) is 116 cm³/mol. The fourth-order valence-electron chi connectivity index (χ4n) is 3.68. The molecule has 1 heteroatoms. The van der Waals surface area contributed by atoms with E-state index in [0.29, 0.717) is 11.5 Å². The lowest BCUT2D eigenvalue weighted by Gasteiger charge is -2.27. The first-order valence-corrected chi connectivity index (χ1v) is 11.2. The van der Waals surface area contributed by atoms with Gasteiger partial charge in [-0.2, -0.15) is 0 Å². The van der Waals surface area contributed by atoms with Crippen molar-refractivity contribution in [1.29, 1.82) is 0 Å². The van der Waals surface area contributed by atoms with Crippen molar-refractivity contribution in [2.45, 2.75) is 125 Å². The molecule has 0 saturated heterocycles. The largest absolute Gasteiger partial charge is 0.300 e. The van der Waals surface area contributed by atoms with Crippen LogP contribution in [0.15, 0.2) is 11.6 Å². The second-order valence-electron chi connectivity index (χ2n) is 8.96. The van der Waals surface area contributed by atoms with Gasteiger partial charge in [-0.15, -0.1) is 0 Å². The first kappa shape index (κ1) is 24.7. The van der Waals surface area contributed by atoms with E-state index in [2.05, 4.69) is 59.6 Å². The van der Waals surface area contributed by atoms with Gasteiger partial charge >= 0.3 is 0 Å². The first-order valence-electron chi connectivity index (χ1n) is 11.2. The number of likely N-dealkylation sites (N-methyl/N-ethyl adjacent to an activating group) is 1. The van der Waals surface area contributed by atoms with Gasteiger partial charge in [-0.25, -0.2) is 0 Å². The van der Waals surface area contributed by atoms with Crippen molar-refractivity contribution in [1.82, 2.24) is 4.90 Å². The van der Waals surface area contributed by atoms with E-state index >= 15 is 0 Å². The Morgan fingerprint density at radius 1 is 0.920 bits per heavy atom. The molecule has 0 aromatic carbocycles. The lowest BCUT2D eigenvalue weighted by atomic mass is 9.82. The van der Waals surface area contributed by atoms with E-state index in [0.717, 1.165) is 6.54 Å². The maximum Gasteiger partial charge on any atom is 0.0192 e. The average molecular weight is 352 g/mol. The Bertz CT molecular complexity index is 329. The van der Waals surface area contributed by atoms with Crippen molar-refractivity contribution in [3.63, 3.8) is 0 Å². The molecule has 0 aliphatic rings. The molecule has 1 nitrogen and oxygen atoms in total. The van der Waals surface area contributed by atoms with Crippen LogP contribution >= 0.6 is 0 Å². The summed E-state index contributed by atoms with van der Waals surface area (Å²) in [6.07, 6.45) is 18.7. The van der Waals surface area contributed by atoms with Crippen molar-refractivity contribution in [2.24, 2.45) is 5.41 Å². The zero-order valence-electron chi connectivity index (χ0n) is 18.8. The van der Waals surface area contributed by atoms with Gasteiger partial charge in [0.1, 0.15) is 0 Å². The molecular formula is C24H49N. The smallest absolute Gasteiger partial charge is 0.0192 e. The molecule has 0 heterocycles. The Morgan fingerprint density at radius 3 is 2.04 bits per heavy atom.